The molecule has 2 aromatic rings. The summed E-state index contributed by atoms with van der Waals surface area (Å²) in [5.74, 6) is 1.07. The van der Waals surface area contributed by atoms with Crippen LogP contribution < -0.4 is 9.64 Å². The molecule has 1 fully saturated rings. The van der Waals surface area contributed by atoms with Gasteiger partial charge in [-0.2, -0.15) is 0 Å². The molecule has 2 heterocycles. The Balaban J connectivity index is 1.42. The molecule has 2 aliphatic heterocycles. The average molecular weight is 380 g/mol. The number of amides is 1. The summed E-state index contributed by atoms with van der Waals surface area (Å²) in [6.07, 6.45) is 1.32. The van der Waals surface area contributed by atoms with Crippen molar-refractivity contribution in [1.82, 2.24) is 4.90 Å². The van der Waals surface area contributed by atoms with E-state index < -0.39 is 0 Å². The molecule has 0 saturated carbocycles. The Morgan fingerprint density at radius 3 is 2.57 bits per heavy atom. The number of hydrogen-bond acceptors (Lipinski definition) is 4. The van der Waals surface area contributed by atoms with E-state index in [0.717, 1.165) is 50.6 Å². The molecular weight excluding hydrogens is 352 g/mol. The molecule has 28 heavy (non-hydrogen) atoms. The number of methoxy groups -OCH3 is 1. The Morgan fingerprint density at radius 1 is 1.11 bits per heavy atom. The molecule has 5 heteroatoms. The summed E-state index contributed by atoms with van der Waals surface area (Å²) in [5.41, 5.74) is 4.78. The normalized spacial score (nSPS) is 19.3. The maximum atomic E-state index is 13.0. The largest absolute Gasteiger partial charge is 0.497 e. The van der Waals surface area contributed by atoms with Crippen LogP contribution in [-0.4, -0.2) is 50.8 Å². The molecule has 0 radical (unpaired) electrons. The number of fused-ring (bicyclic) bond motifs is 1. The third-order valence-corrected chi connectivity index (χ3v) is 5.88. The van der Waals surface area contributed by atoms with Crippen LogP contribution in [0.25, 0.3) is 0 Å². The van der Waals surface area contributed by atoms with Crippen molar-refractivity contribution in [3.05, 3.63) is 59.2 Å². The first-order valence-corrected chi connectivity index (χ1v) is 10.0. The highest BCUT2D eigenvalue weighted by Crippen LogP contribution is 2.32. The van der Waals surface area contributed by atoms with Gasteiger partial charge >= 0.3 is 0 Å². The van der Waals surface area contributed by atoms with Crippen LogP contribution in [0.15, 0.2) is 42.5 Å². The van der Waals surface area contributed by atoms with E-state index in [1.54, 1.807) is 7.11 Å². The van der Waals surface area contributed by atoms with Crippen LogP contribution in [0, 0.1) is 0 Å². The number of nitrogens with zero attached hydrogens (tertiary/aromatic N) is 2. The Labute approximate surface area is 166 Å². The van der Waals surface area contributed by atoms with Crippen LogP contribution in [-0.2, 0) is 22.4 Å². The van der Waals surface area contributed by atoms with Crippen LogP contribution in [0.2, 0.25) is 0 Å². The van der Waals surface area contributed by atoms with Crippen LogP contribution in [0.3, 0.4) is 0 Å². The number of hydrogen-bond donors (Lipinski definition) is 0. The molecule has 0 aliphatic carbocycles. The molecule has 0 N–H and O–H groups in total. The Hall–Kier alpha value is -2.53. The van der Waals surface area contributed by atoms with Crippen molar-refractivity contribution in [2.24, 2.45) is 0 Å². The zero-order valence-corrected chi connectivity index (χ0v) is 16.7. The number of carbonyl (C=O) groups excluding carboxylic acids is 1. The molecule has 0 aromatic heterocycles. The average Bonchev–Trinajstić information content (AvgIpc) is 2.74. The van der Waals surface area contributed by atoms with Gasteiger partial charge in [-0.25, -0.2) is 0 Å². The lowest BCUT2D eigenvalue weighted by Gasteiger charge is -2.35. The van der Waals surface area contributed by atoms with Crippen molar-refractivity contribution in [3.63, 3.8) is 0 Å². The SMILES string of the molecule is COc1ccc2c(c1)CCN(C(=O)Cc1ccc(N3CCOCC3)cc1)C2C. The Bertz CT molecular complexity index is 828. The number of anilines is 1. The maximum absolute atomic E-state index is 13.0. The third kappa shape index (κ3) is 3.85. The topological polar surface area (TPSA) is 42.0 Å². The van der Waals surface area contributed by atoms with Gasteiger partial charge in [-0.3, -0.25) is 4.79 Å². The van der Waals surface area contributed by atoms with Gasteiger partial charge in [0, 0.05) is 25.3 Å². The lowest BCUT2D eigenvalue weighted by molar-refractivity contribution is -0.133. The number of benzene rings is 2. The van der Waals surface area contributed by atoms with Crippen molar-refractivity contribution in [1.29, 1.82) is 0 Å². The first-order valence-electron chi connectivity index (χ1n) is 10.0. The summed E-state index contributed by atoms with van der Waals surface area (Å²) < 4.78 is 10.7. The fourth-order valence-electron chi connectivity index (χ4n) is 4.20. The predicted octanol–water partition coefficient (Wildman–Crippen LogP) is 3.22. The van der Waals surface area contributed by atoms with E-state index in [-0.39, 0.29) is 11.9 Å². The Morgan fingerprint density at radius 2 is 1.86 bits per heavy atom. The summed E-state index contributed by atoms with van der Waals surface area (Å²) >= 11 is 0. The standard InChI is InChI=1S/C23H28N2O3/c1-17-22-8-7-21(27-2)16-19(22)9-10-25(17)23(26)15-18-3-5-20(6-4-18)24-11-13-28-14-12-24/h3-8,16-17H,9-15H2,1-2H3. The lowest BCUT2D eigenvalue weighted by atomic mass is 9.92. The van der Waals surface area contributed by atoms with E-state index in [1.807, 2.05) is 11.0 Å². The van der Waals surface area contributed by atoms with Crippen molar-refractivity contribution in [3.8, 4) is 5.75 Å². The van der Waals surface area contributed by atoms with Crippen LogP contribution >= 0.6 is 0 Å². The third-order valence-electron chi connectivity index (χ3n) is 5.88. The zero-order chi connectivity index (χ0) is 19.5. The van der Waals surface area contributed by atoms with E-state index in [0.29, 0.717) is 6.42 Å². The van der Waals surface area contributed by atoms with Crippen LogP contribution in [0.5, 0.6) is 5.75 Å². The lowest BCUT2D eigenvalue weighted by Crippen LogP contribution is -2.39. The van der Waals surface area contributed by atoms with Gasteiger partial charge < -0.3 is 19.3 Å². The number of rotatable bonds is 4. The summed E-state index contributed by atoms with van der Waals surface area (Å²) in [6.45, 7) is 6.28. The monoisotopic (exact) mass is 380 g/mol. The van der Waals surface area contributed by atoms with Crippen molar-refractivity contribution in [2.45, 2.75) is 25.8 Å². The number of morpholine rings is 1. The van der Waals surface area contributed by atoms with Gasteiger partial charge in [0.1, 0.15) is 5.75 Å². The molecule has 1 unspecified atom stereocenters. The molecule has 1 saturated heterocycles. The minimum atomic E-state index is 0.0924. The van der Waals surface area contributed by atoms with Crippen LogP contribution in [0.4, 0.5) is 5.69 Å². The first-order chi connectivity index (χ1) is 13.7. The number of ether oxygens (including phenoxy) is 2. The van der Waals surface area contributed by atoms with Gasteiger partial charge in [-0.05, 0) is 54.3 Å². The summed E-state index contributed by atoms with van der Waals surface area (Å²) in [4.78, 5) is 17.3. The minimum absolute atomic E-state index is 0.0924. The minimum Gasteiger partial charge on any atom is -0.497 e. The highest BCUT2D eigenvalue weighted by Gasteiger charge is 2.27. The van der Waals surface area contributed by atoms with Gasteiger partial charge in [0.05, 0.1) is 32.8 Å². The van der Waals surface area contributed by atoms with Gasteiger partial charge in [0.2, 0.25) is 5.91 Å². The van der Waals surface area contributed by atoms with Gasteiger partial charge in [-0.1, -0.05) is 18.2 Å². The van der Waals surface area contributed by atoms with Gasteiger partial charge in [0.15, 0.2) is 0 Å². The van der Waals surface area contributed by atoms with Crippen molar-refractivity contribution < 1.29 is 14.3 Å². The van der Waals surface area contributed by atoms with Crippen molar-refractivity contribution >= 4 is 11.6 Å². The molecule has 1 atom stereocenters. The molecule has 2 aliphatic rings. The predicted molar refractivity (Wildman–Crippen MR) is 110 cm³/mol. The Kier molecular flexibility index (Phi) is 5.53. The molecule has 4 rings (SSSR count). The maximum Gasteiger partial charge on any atom is 0.227 e. The fraction of sp³-hybridized carbons (Fsp3) is 0.435. The van der Waals surface area contributed by atoms with Crippen LogP contribution in [0.1, 0.15) is 29.7 Å². The number of carbonyl (C=O) groups is 1. The second-order valence-corrected chi connectivity index (χ2v) is 7.52. The smallest absolute Gasteiger partial charge is 0.227 e. The summed E-state index contributed by atoms with van der Waals surface area (Å²) in [7, 11) is 1.69. The molecule has 0 spiro atoms. The summed E-state index contributed by atoms with van der Waals surface area (Å²) in [5, 5.41) is 0. The van der Waals surface area contributed by atoms with E-state index in [1.165, 1.54) is 16.8 Å². The molecule has 2 aromatic carbocycles. The molecule has 0 bridgehead atoms. The van der Waals surface area contributed by atoms with Gasteiger partial charge in [-0.15, -0.1) is 0 Å². The fourth-order valence-corrected chi connectivity index (χ4v) is 4.20. The highest BCUT2D eigenvalue weighted by atomic mass is 16.5. The van der Waals surface area contributed by atoms with E-state index in [4.69, 9.17) is 9.47 Å². The zero-order valence-electron chi connectivity index (χ0n) is 16.7. The van der Waals surface area contributed by atoms with Gasteiger partial charge in [0.25, 0.3) is 0 Å². The van der Waals surface area contributed by atoms with E-state index in [2.05, 4.69) is 48.2 Å². The second-order valence-electron chi connectivity index (χ2n) is 7.52. The highest BCUT2D eigenvalue weighted by molar-refractivity contribution is 5.79. The molecular formula is C23H28N2O3. The quantitative estimate of drug-likeness (QED) is 0.817. The summed E-state index contributed by atoms with van der Waals surface area (Å²) in [6, 6.07) is 14.7. The first kappa shape index (κ1) is 18.8. The molecule has 5 nitrogen and oxygen atoms in total. The van der Waals surface area contributed by atoms with Crippen molar-refractivity contribution in [2.75, 3.05) is 44.9 Å². The second kappa shape index (κ2) is 8.23. The van der Waals surface area contributed by atoms with E-state index >= 15 is 0 Å². The molecule has 148 valence electrons. The van der Waals surface area contributed by atoms with E-state index in [9.17, 15) is 4.79 Å². The molecule has 1 amide bonds.